The lowest BCUT2D eigenvalue weighted by atomic mass is 9.86. The van der Waals surface area contributed by atoms with Crippen molar-refractivity contribution in [2.75, 3.05) is 6.61 Å². The number of benzene rings is 1. The van der Waals surface area contributed by atoms with E-state index in [0.717, 1.165) is 51.0 Å². The maximum atomic E-state index is 11.0. The Morgan fingerprint density at radius 3 is 2.43 bits per heavy atom. The lowest BCUT2D eigenvalue weighted by Gasteiger charge is -2.27. The van der Waals surface area contributed by atoms with Crippen LogP contribution in [0.4, 0.5) is 0 Å². The van der Waals surface area contributed by atoms with Crippen LogP contribution in [0.5, 0.6) is 5.75 Å². The number of hydrogen-bond donors (Lipinski definition) is 2. The molecule has 4 nitrogen and oxygen atoms in total. The minimum Gasteiger partial charge on any atom is -0.494 e. The molecule has 0 amide bonds. The van der Waals surface area contributed by atoms with Gasteiger partial charge < -0.3 is 15.2 Å². The maximum Gasteiger partial charge on any atom is 0.306 e. The SMILES string of the molecule is CC(C)CCOc1ccc(CNC2CCC(C(=O)O)CC2)cc1. The molecule has 1 aromatic carbocycles. The summed E-state index contributed by atoms with van der Waals surface area (Å²) in [5.74, 6) is 0.804. The van der Waals surface area contributed by atoms with Gasteiger partial charge in [0.15, 0.2) is 0 Å². The van der Waals surface area contributed by atoms with E-state index < -0.39 is 5.97 Å². The predicted molar refractivity (Wildman–Crippen MR) is 91.6 cm³/mol. The van der Waals surface area contributed by atoms with Gasteiger partial charge >= 0.3 is 5.97 Å². The largest absolute Gasteiger partial charge is 0.494 e. The second kappa shape index (κ2) is 8.92. The predicted octanol–water partition coefficient (Wildman–Crippen LogP) is 3.84. The number of carboxylic acid groups (broad SMARTS) is 1. The number of ether oxygens (including phenoxy) is 1. The van der Waals surface area contributed by atoms with Crippen molar-refractivity contribution >= 4 is 5.97 Å². The molecule has 0 bridgehead atoms. The van der Waals surface area contributed by atoms with Gasteiger partial charge in [0, 0.05) is 12.6 Å². The first-order valence-corrected chi connectivity index (χ1v) is 8.72. The molecule has 23 heavy (non-hydrogen) atoms. The monoisotopic (exact) mass is 319 g/mol. The smallest absolute Gasteiger partial charge is 0.306 e. The summed E-state index contributed by atoms with van der Waals surface area (Å²) in [5.41, 5.74) is 1.24. The Morgan fingerprint density at radius 2 is 1.87 bits per heavy atom. The number of carboxylic acids is 1. The summed E-state index contributed by atoms with van der Waals surface area (Å²) in [7, 11) is 0. The van der Waals surface area contributed by atoms with E-state index in [1.54, 1.807) is 0 Å². The fraction of sp³-hybridized carbons (Fsp3) is 0.632. The highest BCUT2D eigenvalue weighted by Gasteiger charge is 2.25. The number of aliphatic carboxylic acids is 1. The molecule has 0 unspecified atom stereocenters. The van der Waals surface area contributed by atoms with Gasteiger partial charge in [-0.05, 0) is 55.7 Å². The molecule has 2 rings (SSSR count). The Bertz CT molecular complexity index is 476. The minimum atomic E-state index is -0.642. The maximum absolute atomic E-state index is 11.0. The van der Waals surface area contributed by atoms with Crippen molar-refractivity contribution in [1.29, 1.82) is 0 Å². The standard InChI is InChI=1S/C19H29NO3/c1-14(2)11-12-23-18-9-3-15(4-10-18)13-20-17-7-5-16(6-8-17)19(21)22/h3-4,9-10,14,16-17,20H,5-8,11-13H2,1-2H3,(H,21,22). The lowest BCUT2D eigenvalue weighted by Crippen LogP contribution is -2.34. The van der Waals surface area contributed by atoms with Crippen LogP contribution in [0, 0.1) is 11.8 Å². The summed E-state index contributed by atoms with van der Waals surface area (Å²) >= 11 is 0. The first-order chi connectivity index (χ1) is 11.0. The first-order valence-electron chi connectivity index (χ1n) is 8.72. The fourth-order valence-corrected chi connectivity index (χ4v) is 2.92. The summed E-state index contributed by atoms with van der Waals surface area (Å²) in [6.07, 6.45) is 4.55. The van der Waals surface area contributed by atoms with E-state index in [2.05, 4.69) is 31.3 Å². The Morgan fingerprint density at radius 1 is 1.22 bits per heavy atom. The molecule has 4 heteroatoms. The van der Waals surface area contributed by atoms with Crippen LogP contribution in [-0.2, 0) is 11.3 Å². The van der Waals surface area contributed by atoms with Gasteiger partial charge in [-0.2, -0.15) is 0 Å². The van der Waals surface area contributed by atoms with Crippen molar-refractivity contribution in [2.24, 2.45) is 11.8 Å². The third kappa shape index (κ3) is 6.22. The third-order valence-corrected chi connectivity index (χ3v) is 4.56. The van der Waals surface area contributed by atoms with Gasteiger partial charge in [0.1, 0.15) is 5.75 Å². The quantitative estimate of drug-likeness (QED) is 0.764. The minimum absolute atomic E-state index is 0.143. The molecule has 0 radical (unpaired) electrons. The Kier molecular flexibility index (Phi) is 6.90. The summed E-state index contributed by atoms with van der Waals surface area (Å²) in [6, 6.07) is 8.69. The van der Waals surface area contributed by atoms with Crippen LogP contribution >= 0.6 is 0 Å². The number of rotatable bonds is 8. The van der Waals surface area contributed by atoms with Crippen LogP contribution in [-0.4, -0.2) is 23.7 Å². The van der Waals surface area contributed by atoms with E-state index in [1.165, 1.54) is 5.56 Å². The van der Waals surface area contributed by atoms with E-state index in [0.29, 0.717) is 12.0 Å². The first kappa shape index (κ1) is 17.8. The molecule has 1 aliphatic rings. The highest BCUT2D eigenvalue weighted by molar-refractivity contribution is 5.70. The van der Waals surface area contributed by atoms with Gasteiger partial charge in [-0.3, -0.25) is 4.79 Å². The van der Waals surface area contributed by atoms with E-state index in [1.807, 2.05) is 12.1 Å². The molecule has 1 aliphatic carbocycles. The number of hydrogen-bond acceptors (Lipinski definition) is 3. The molecule has 1 fully saturated rings. The zero-order chi connectivity index (χ0) is 16.7. The molecule has 1 saturated carbocycles. The van der Waals surface area contributed by atoms with E-state index >= 15 is 0 Å². The molecule has 0 spiro atoms. The van der Waals surface area contributed by atoms with Gasteiger partial charge in [-0.15, -0.1) is 0 Å². The third-order valence-electron chi connectivity index (χ3n) is 4.56. The molecule has 0 aliphatic heterocycles. The Labute approximate surface area is 139 Å². The van der Waals surface area contributed by atoms with E-state index in [4.69, 9.17) is 9.84 Å². The molecule has 0 heterocycles. The molecule has 1 aromatic rings. The van der Waals surface area contributed by atoms with Crippen LogP contribution in [0.2, 0.25) is 0 Å². The van der Waals surface area contributed by atoms with Gasteiger partial charge in [0.25, 0.3) is 0 Å². The molecular formula is C19H29NO3. The molecule has 128 valence electrons. The normalized spacial score (nSPS) is 21.3. The van der Waals surface area contributed by atoms with Gasteiger partial charge in [0.05, 0.1) is 12.5 Å². The summed E-state index contributed by atoms with van der Waals surface area (Å²) < 4.78 is 5.72. The second-order valence-corrected chi connectivity index (χ2v) is 6.94. The zero-order valence-corrected chi connectivity index (χ0v) is 14.3. The molecule has 0 aromatic heterocycles. The van der Waals surface area contributed by atoms with Crippen molar-refractivity contribution in [1.82, 2.24) is 5.32 Å². The van der Waals surface area contributed by atoms with Crippen LogP contribution in [0.25, 0.3) is 0 Å². The van der Waals surface area contributed by atoms with Crippen molar-refractivity contribution in [3.63, 3.8) is 0 Å². The summed E-state index contributed by atoms with van der Waals surface area (Å²) in [6.45, 7) is 5.99. The Hall–Kier alpha value is -1.55. The van der Waals surface area contributed by atoms with Crippen LogP contribution in [0.3, 0.4) is 0 Å². The highest BCUT2D eigenvalue weighted by Crippen LogP contribution is 2.24. The van der Waals surface area contributed by atoms with Gasteiger partial charge in [-0.25, -0.2) is 0 Å². The molecule has 0 atom stereocenters. The lowest BCUT2D eigenvalue weighted by molar-refractivity contribution is -0.142. The van der Waals surface area contributed by atoms with Gasteiger partial charge in [0.2, 0.25) is 0 Å². The molecule has 0 saturated heterocycles. The summed E-state index contributed by atoms with van der Waals surface area (Å²) in [4.78, 5) is 11.0. The van der Waals surface area contributed by atoms with E-state index in [9.17, 15) is 4.79 Å². The molecule has 2 N–H and O–H groups in total. The molecular weight excluding hydrogens is 290 g/mol. The van der Waals surface area contributed by atoms with Gasteiger partial charge in [-0.1, -0.05) is 26.0 Å². The van der Waals surface area contributed by atoms with Crippen molar-refractivity contribution in [2.45, 2.75) is 58.5 Å². The topological polar surface area (TPSA) is 58.6 Å². The van der Waals surface area contributed by atoms with Crippen LogP contribution in [0.15, 0.2) is 24.3 Å². The van der Waals surface area contributed by atoms with E-state index in [-0.39, 0.29) is 5.92 Å². The zero-order valence-electron chi connectivity index (χ0n) is 14.3. The Balaban J connectivity index is 1.69. The van der Waals surface area contributed by atoms with Crippen molar-refractivity contribution < 1.29 is 14.6 Å². The highest BCUT2D eigenvalue weighted by atomic mass is 16.5. The fourth-order valence-electron chi connectivity index (χ4n) is 2.92. The van der Waals surface area contributed by atoms with Crippen LogP contribution < -0.4 is 10.1 Å². The average molecular weight is 319 g/mol. The number of carbonyl (C=O) groups is 1. The van der Waals surface area contributed by atoms with Crippen LogP contribution in [0.1, 0.15) is 51.5 Å². The second-order valence-electron chi connectivity index (χ2n) is 6.94. The van der Waals surface area contributed by atoms with Crippen molar-refractivity contribution in [3.05, 3.63) is 29.8 Å². The average Bonchev–Trinajstić information content (AvgIpc) is 2.54. The van der Waals surface area contributed by atoms with Crippen molar-refractivity contribution in [3.8, 4) is 5.75 Å². The summed E-state index contributed by atoms with van der Waals surface area (Å²) in [5, 5.41) is 12.6. The number of nitrogens with one attached hydrogen (secondary N) is 1.